The highest BCUT2D eigenvalue weighted by Gasteiger charge is 2.34. The van der Waals surface area contributed by atoms with Crippen LogP contribution < -0.4 is 5.73 Å². The summed E-state index contributed by atoms with van der Waals surface area (Å²) in [5, 5.41) is 0. The van der Waals surface area contributed by atoms with Crippen LogP contribution in [-0.4, -0.2) is 30.6 Å². The lowest BCUT2D eigenvalue weighted by atomic mass is 9.73. The molecular weight excluding hydrogens is 196 g/mol. The molecule has 0 unspecified atom stereocenters. The van der Waals surface area contributed by atoms with E-state index in [0.717, 1.165) is 6.54 Å². The second kappa shape index (κ2) is 5.50. The van der Waals surface area contributed by atoms with Gasteiger partial charge in [-0.3, -0.25) is 0 Å². The second-order valence-corrected chi connectivity index (χ2v) is 6.29. The maximum absolute atomic E-state index is 6.04. The lowest BCUT2D eigenvalue weighted by Gasteiger charge is -2.44. The number of hydrogen-bond acceptors (Lipinski definition) is 2. The van der Waals surface area contributed by atoms with Crippen LogP contribution in [0.2, 0.25) is 0 Å². The van der Waals surface area contributed by atoms with Crippen molar-refractivity contribution in [1.29, 1.82) is 0 Å². The molecule has 16 heavy (non-hydrogen) atoms. The first kappa shape index (κ1) is 14.0. The number of nitrogens with two attached hydrogens (primary N) is 1. The van der Waals surface area contributed by atoms with Crippen molar-refractivity contribution in [2.45, 2.75) is 64.8 Å². The molecule has 0 atom stereocenters. The zero-order chi connectivity index (χ0) is 12.2. The second-order valence-electron chi connectivity index (χ2n) is 6.29. The summed E-state index contributed by atoms with van der Waals surface area (Å²) in [6.45, 7) is 8.97. The molecule has 0 aliphatic heterocycles. The van der Waals surface area contributed by atoms with Gasteiger partial charge < -0.3 is 10.6 Å². The van der Waals surface area contributed by atoms with Crippen LogP contribution >= 0.6 is 0 Å². The summed E-state index contributed by atoms with van der Waals surface area (Å²) in [6, 6.07) is 0. The summed E-state index contributed by atoms with van der Waals surface area (Å²) in [4.78, 5) is 2.52. The van der Waals surface area contributed by atoms with Crippen molar-refractivity contribution in [1.82, 2.24) is 4.90 Å². The minimum absolute atomic E-state index is 0.305. The predicted molar refractivity (Wildman–Crippen MR) is 71.6 cm³/mol. The zero-order valence-corrected chi connectivity index (χ0v) is 11.7. The summed E-state index contributed by atoms with van der Waals surface area (Å²) in [6.07, 6.45) is 8.00. The van der Waals surface area contributed by atoms with E-state index in [0.29, 0.717) is 11.0 Å². The molecule has 96 valence electrons. The normalized spacial score (nSPS) is 21.4. The van der Waals surface area contributed by atoms with Gasteiger partial charge in [-0.05, 0) is 52.1 Å². The van der Waals surface area contributed by atoms with E-state index in [1.807, 2.05) is 0 Å². The third kappa shape index (κ3) is 3.21. The molecule has 1 aliphatic carbocycles. The van der Waals surface area contributed by atoms with Gasteiger partial charge in [-0.15, -0.1) is 0 Å². The summed E-state index contributed by atoms with van der Waals surface area (Å²) in [5.74, 6) is 0. The molecule has 0 heterocycles. The van der Waals surface area contributed by atoms with E-state index < -0.39 is 0 Å². The molecule has 1 fully saturated rings. The quantitative estimate of drug-likeness (QED) is 0.781. The van der Waals surface area contributed by atoms with Gasteiger partial charge in [0, 0.05) is 12.1 Å². The Morgan fingerprint density at radius 2 is 1.75 bits per heavy atom. The first-order valence-corrected chi connectivity index (χ1v) is 6.87. The van der Waals surface area contributed by atoms with Crippen LogP contribution in [0.25, 0.3) is 0 Å². The highest BCUT2D eigenvalue weighted by Crippen LogP contribution is 2.37. The van der Waals surface area contributed by atoms with Gasteiger partial charge in [0.25, 0.3) is 0 Å². The standard InChI is InChI=1S/C14H30N2/c1-5-13(2,3)16(4)12-14(11-15)9-7-6-8-10-14/h5-12,15H2,1-4H3. The van der Waals surface area contributed by atoms with E-state index >= 15 is 0 Å². The van der Waals surface area contributed by atoms with Crippen LogP contribution in [0.5, 0.6) is 0 Å². The summed E-state index contributed by atoms with van der Waals surface area (Å²) in [7, 11) is 2.26. The van der Waals surface area contributed by atoms with E-state index in [-0.39, 0.29) is 0 Å². The monoisotopic (exact) mass is 226 g/mol. The smallest absolute Gasteiger partial charge is 0.0147 e. The molecule has 0 aromatic carbocycles. The van der Waals surface area contributed by atoms with E-state index in [1.54, 1.807) is 0 Å². The molecule has 0 amide bonds. The van der Waals surface area contributed by atoms with Crippen molar-refractivity contribution >= 4 is 0 Å². The molecule has 1 aliphatic rings. The fraction of sp³-hybridized carbons (Fsp3) is 1.00. The van der Waals surface area contributed by atoms with Gasteiger partial charge in [0.05, 0.1) is 0 Å². The van der Waals surface area contributed by atoms with Crippen molar-refractivity contribution in [3.05, 3.63) is 0 Å². The summed E-state index contributed by atoms with van der Waals surface area (Å²) < 4.78 is 0. The highest BCUT2D eigenvalue weighted by atomic mass is 15.2. The Hall–Kier alpha value is -0.0800. The molecule has 0 saturated heterocycles. The molecule has 0 radical (unpaired) electrons. The Balaban J connectivity index is 2.62. The average molecular weight is 226 g/mol. The summed E-state index contributed by atoms with van der Waals surface area (Å²) >= 11 is 0. The van der Waals surface area contributed by atoms with Crippen molar-refractivity contribution in [3.8, 4) is 0 Å². The zero-order valence-electron chi connectivity index (χ0n) is 11.7. The van der Waals surface area contributed by atoms with Crippen molar-refractivity contribution in [2.75, 3.05) is 20.1 Å². The molecule has 0 aromatic heterocycles. The van der Waals surface area contributed by atoms with Gasteiger partial charge >= 0.3 is 0 Å². The molecule has 1 saturated carbocycles. The van der Waals surface area contributed by atoms with Crippen LogP contribution in [0, 0.1) is 5.41 Å². The molecule has 1 rings (SSSR count). The molecule has 0 spiro atoms. The largest absolute Gasteiger partial charge is 0.330 e. The van der Waals surface area contributed by atoms with Gasteiger partial charge in [-0.25, -0.2) is 0 Å². The minimum Gasteiger partial charge on any atom is -0.330 e. The number of hydrogen-bond donors (Lipinski definition) is 1. The molecule has 0 bridgehead atoms. The number of rotatable bonds is 5. The SMILES string of the molecule is CCC(C)(C)N(C)CC1(CN)CCCCC1. The topological polar surface area (TPSA) is 29.3 Å². The first-order valence-electron chi connectivity index (χ1n) is 6.87. The maximum atomic E-state index is 6.04. The molecule has 2 N–H and O–H groups in total. The van der Waals surface area contributed by atoms with E-state index in [9.17, 15) is 0 Å². The summed E-state index contributed by atoms with van der Waals surface area (Å²) in [5.41, 5.74) is 6.75. The van der Waals surface area contributed by atoms with E-state index in [1.165, 1.54) is 45.1 Å². The van der Waals surface area contributed by atoms with Gasteiger partial charge in [0.15, 0.2) is 0 Å². The Bertz CT molecular complexity index is 205. The van der Waals surface area contributed by atoms with Crippen LogP contribution in [-0.2, 0) is 0 Å². The van der Waals surface area contributed by atoms with Gasteiger partial charge in [0.2, 0.25) is 0 Å². The van der Waals surface area contributed by atoms with Crippen LogP contribution in [0.15, 0.2) is 0 Å². The van der Waals surface area contributed by atoms with E-state index in [4.69, 9.17) is 5.73 Å². The van der Waals surface area contributed by atoms with Crippen LogP contribution in [0.4, 0.5) is 0 Å². The third-order valence-electron chi connectivity index (χ3n) is 4.82. The predicted octanol–water partition coefficient (Wildman–Crippen LogP) is 3.02. The van der Waals surface area contributed by atoms with Crippen molar-refractivity contribution in [2.24, 2.45) is 11.1 Å². The van der Waals surface area contributed by atoms with Crippen molar-refractivity contribution < 1.29 is 0 Å². The Kier molecular flexibility index (Phi) is 4.81. The van der Waals surface area contributed by atoms with Crippen LogP contribution in [0.1, 0.15) is 59.3 Å². The lowest BCUT2D eigenvalue weighted by molar-refractivity contribution is 0.0618. The fourth-order valence-electron chi connectivity index (χ4n) is 2.72. The van der Waals surface area contributed by atoms with Gasteiger partial charge in [0.1, 0.15) is 0 Å². The Labute approximate surface area is 102 Å². The Morgan fingerprint density at radius 1 is 1.19 bits per heavy atom. The van der Waals surface area contributed by atoms with Crippen LogP contribution in [0.3, 0.4) is 0 Å². The first-order chi connectivity index (χ1) is 7.46. The third-order valence-corrected chi connectivity index (χ3v) is 4.82. The average Bonchev–Trinajstić information content (AvgIpc) is 2.30. The van der Waals surface area contributed by atoms with Gasteiger partial charge in [-0.1, -0.05) is 26.2 Å². The number of nitrogens with zero attached hydrogens (tertiary/aromatic N) is 1. The lowest BCUT2D eigenvalue weighted by Crippen LogP contribution is -2.49. The highest BCUT2D eigenvalue weighted by molar-refractivity contribution is 4.89. The van der Waals surface area contributed by atoms with E-state index in [2.05, 4.69) is 32.7 Å². The molecule has 2 nitrogen and oxygen atoms in total. The fourth-order valence-corrected chi connectivity index (χ4v) is 2.72. The molecule has 0 aromatic rings. The Morgan fingerprint density at radius 3 is 2.19 bits per heavy atom. The van der Waals surface area contributed by atoms with Gasteiger partial charge in [-0.2, -0.15) is 0 Å². The minimum atomic E-state index is 0.305. The maximum Gasteiger partial charge on any atom is 0.0147 e. The van der Waals surface area contributed by atoms with Crippen molar-refractivity contribution in [3.63, 3.8) is 0 Å². The molecular formula is C14H30N2. The molecule has 2 heteroatoms.